The van der Waals surface area contributed by atoms with E-state index >= 15 is 0 Å². The van der Waals surface area contributed by atoms with E-state index in [0.29, 0.717) is 16.7 Å². The van der Waals surface area contributed by atoms with Gasteiger partial charge in [0.05, 0.1) is 16.7 Å². The molecule has 1 saturated heterocycles. The van der Waals surface area contributed by atoms with Gasteiger partial charge in [-0.05, 0) is 62.6 Å². The van der Waals surface area contributed by atoms with Crippen LogP contribution in [0.3, 0.4) is 0 Å². The highest BCUT2D eigenvalue weighted by Crippen LogP contribution is 2.28. The number of benzene rings is 2. The van der Waals surface area contributed by atoms with Crippen LogP contribution in [-0.2, 0) is 6.42 Å². The lowest BCUT2D eigenvalue weighted by Crippen LogP contribution is -2.41. The molecule has 0 aliphatic carbocycles. The Balaban J connectivity index is 1.27. The molecule has 1 fully saturated rings. The second kappa shape index (κ2) is 11.7. The van der Waals surface area contributed by atoms with E-state index in [9.17, 15) is 0 Å². The zero-order chi connectivity index (χ0) is 20.5. The summed E-state index contributed by atoms with van der Waals surface area (Å²) in [6.07, 6.45) is 3.35. The molecule has 1 aliphatic heterocycles. The predicted octanol–water partition coefficient (Wildman–Crippen LogP) is 5.07. The highest BCUT2D eigenvalue weighted by molar-refractivity contribution is 6.42. The van der Waals surface area contributed by atoms with Gasteiger partial charge < -0.3 is 19.7 Å². The first-order valence-electron chi connectivity index (χ1n) is 10.4. The molecule has 4 nitrogen and oxygen atoms in total. The van der Waals surface area contributed by atoms with Gasteiger partial charge in [-0.3, -0.25) is 0 Å². The highest BCUT2D eigenvalue weighted by Gasteiger charge is 2.20. The van der Waals surface area contributed by atoms with Crippen LogP contribution in [0.5, 0.6) is 11.5 Å². The van der Waals surface area contributed by atoms with E-state index in [1.165, 1.54) is 5.56 Å². The summed E-state index contributed by atoms with van der Waals surface area (Å²) in [5.74, 6) is 1.74. The lowest BCUT2D eigenvalue weighted by atomic mass is 10.1. The topological polar surface area (TPSA) is 33.7 Å². The standard InChI is InChI=1S/C23H30Cl2N2O2/c1-2-28-19-5-3-18(4-6-19)9-12-26-13-16-27-14-10-20(11-15-27)29-21-7-8-22(24)23(25)17-21/h3-8,17,20,26H,2,9-16H2,1H3. The molecule has 0 spiro atoms. The summed E-state index contributed by atoms with van der Waals surface area (Å²) in [5.41, 5.74) is 1.33. The third-order valence-corrected chi connectivity index (χ3v) is 5.90. The van der Waals surface area contributed by atoms with Crippen molar-refractivity contribution >= 4 is 23.2 Å². The van der Waals surface area contributed by atoms with Crippen molar-refractivity contribution in [2.24, 2.45) is 0 Å². The molecule has 2 aromatic rings. The van der Waals surface area contributed by atoms with Gasteiger partial charge in [0.2, 0.25) is 0 Å². The molecule has 1 N–H and O–H groups in total. The second-order valence-corrected chi connectivity index (χ2v) is 8.13. The average molecular weight is 437 g/mol. The Kier molecular flexibility index (Phi) is 8.93. The minimum Gasteiger partial charge on any atom is -0.494 e. The van der Waals surface area contributed by atoms with Crippen molar-refractivity contribution in [1.29, 1.82) is 0 Å². The van der Waals surface area contributed by atoms with Gasteiger partial charge in [-0.2, -0.15) is 0 Å². The quantitative estimate of drug-likeness (QED) is 0.527. The summed E-state index contributed by atoms with van der Waals surface area (Å²) in [7, 11) is 0. The van der Waals surface area contributed by atoms with Crippen LogP contribution in [0.1, 0.15) is 25.3 Å². The molecule has 0 amide bonds. The van der Waals surface area contributed by atoms with Crippen molar-refractivity contribution in [3.8, 4) is 11.5 Å². The molecule has 0 bridgehead atoms. The maximum atomic E-state index is 6.06. The molecule has 0 aromatic heterocycles. The number of likely N-dealkylation sites (tertiary alicyclic amines) is 1. The van der Waals surface area contributed by atoms with Crippen LogP contribution in [0.25, 0.3) is 0 Å². The van der Waals surface area contributed by atoms with Crippen molar-refractivity contribution in [1.82, 2.24) is 10.2 Å². The number of halogens is 2. The third-order valence-electron chi connectivity index (χ3n) is 5.16. The SMILES string of the molecule is CCOc1ccc(CCNCCN2CCC(Oc3ccc(Cl)c(Cl)c3)CC2)cc1. The first-order chi connectivity index (χ1) is 14.1. The van der Waals surface area contributed by atoms with E-state index in [2.05, 4.69) is 22.3 Å². The van der Waals surface area contributed by atoms with Gasteiger partial charge in [-0.15, -0.1) is 0 Å². The minimum atomic E-state index is 0.246. The maximum absolute atomic E-state index is 6.06. The Hall–Kier alpha value is -1.46. The van der Waals surface area contributed by atoms with Crippen LogP contribution < -0.4 is 14.8 Å². The van der Waals surface area contributed by atoms with Crippen LogP contribution in [-0.4, -0.2) is 50.3 Å². The molecule has 29 heavy (non-hydrogen) atoms. The largest absolute Gasteiger partial charge is 0.494 e. The summed E-state index contributed by atoms with van der Waals surface area (Å²) >= 11 is 12.0. The molecule has 0 saturated carbocycles. The summed E-state index contributed by atoms with van der Waals surface area (Å²) < 4.78 is 11.5. The van der Waals surface area contributed by atoms with E-state index in [-0.39, 0.29) is 6.10 Å². The van der Waals surface area contributed by atoms with E-state index in [0.717, 1.165) is 63.5 Å². The number of hydrogen-bond acceptors (Lipinski definition) is 4. The van der Waals surface area contributed by atoms with Crippen LogP contribution in [0, 0.1) is 0 Å². The van der Waals surface area contributed by atoms with E-state index < -0.39 is 0 Å². The zero-order valence-electron chi connectivity index (χ0n) is 17.0. The van der Waals surface area contributed by atoms with Crippen molar-refractivity contribution in [3.63, 3.8) is 0 Å². The minimum absolute atomic E-state index is 0.246. The summed E-state index contributed by atoms with van der Waals surface area (Å²) in [6.45, 7) is 7.91. The molecule has 1 heterocycles. The molecule has 0 radical (unpaired) electrons. The number of hydrogen-bond donors (Lipinski definition) is 1. The van der Waals surface area contributed by atoms with Gasteiger partial charge in [0.1, 0.15) is 17.6 Å². The first-order valence-corrected chi connectivity index (χ1v) is 11.2. The van der Waals surface area contributed by atoms with Gasteiger partial charge in [-0.25, -0.2) is 0 Å². The van der Waals surface area contributed by atoms with Crippen molar-refractivity contribution < 1.29 is 9.47 Å². The Labute approximate surface area is 184 Å². The van der Waals surface area contributed by atoms with Crippen molar-refractivity contribution in [2.75, 3.05) is 39.3 Å². The number of nitrogens with one attached hydrogen (secondary N) is 1. The molecule has 3 rings (SSSR count). The Morgan fingerprint density at radius 3 is 2.38 bits per heavy atom. The fourth-order valence-corrected chi connectivity index (χ4v) is 3.80. The molecular weight excluding hydrogens is 407 g/mol. The maximum Gasteiger partial charge on any atom is 0.121 e. The summed E-state index contributed by atoms with van der Waals surface area (Å²) in [5, 5.41) is 4.65. The average Bonchev–Trinajstić information content (AvgIpc) is 2.73. The van der Waals surface area contributed by atoms with E-state index in [1.54, 1.807) is 12.1 Å². The predicted molar refractivity (Wildman–Crippen MR) is 121 cm³/mol. The summed E-state index contributed by atoms with van der Waals surface area (Å²) in [4.78, 5) is 2.50. The monoisotopic (exact) mass is 436 g/mol. The Morgan fingerprint density at radius 2 is 1.69 bits per heavy atom. The van der Waals surface area contributed by atoms with Gasteiger partial charge in [0.15, 0.2) is 0 Å². The zero-order valence-corrected chi connectivity index (χ0v) is 18.5. The number of piperidine rings is 1. The first kappa shape index (κ1) is 22.2. The van der Waals surface area contributed by atoms with E-state index in [1.807, 2.05) is 25.1 Å². The van der Waals surface area contributed by atoms with Crippen LogP contribution >= 0.6 is 23.2 Å². The van der Waals surface area contributed by atoms with Crippen LogP contribution in [0.15, 0.2) is 42.5 Å². The molecular formula is C23H30Cl2N2O2. The fraction of sp³-hybridized carbons (Fsp3) is 0.478. The van der Waals surface area contributed by atoms with Crippen molar-refractivity contribution in [2.45, 2.75) is 32.3 Å². The van der Waals surface area contributed by atoms with Gasteiger partial charge in [0.25, 0.3) is 0 Å². The van der Waals surface area contributed by atoms with Gasteiger partial charge in [0, 0.05) is 32.2 Å². The summed E-state index contributed by atoms with van der Waals surface area (Å²) in [6, 6.07) is 13.8. The van der Waals surface area contributed by atoms with Gasteiger partial charge in [-0.1, -0.05) is 35.3 Å². The third kappa shape index (κ3) is 7.38. The smallest absolute Gasteiger partial charge is 0.121 e. The number of ether oxygens (including phenoxy) is 2. The highest BCUT2D eigenvalue weighted by atomic mass is 35.5. The van der Waals surface area contributed by atoms with E-state index in [4.69, 9.17) is 32.7 Å². The molecule has 2 aromatic carbocycles. The Bertz CT molecular complexity index is 747. The van der Waals surface area contributed by atoms with Crippen molar-refractivity contribution in [3.05, 3.63) is 58.1 Å². The molecule has 0 atom stereocenters. The Morgan fingerprint density at radius 1 is 0.966 bits per heavy atom. The number of rotatable bonds is 10. The molecule has 1 aliphatic rings. The lowest BCUT2D eigenvalue weighted by Gasteiger charge is -2.32. The van der Waals surface area contributed by atoms with Crippen LogP contribution in [0.2, 0.25) is 10.0 Å². The molecule has 0 unspecified atom stereocenters. The van der Waals surface area contributed by atoms with Crippen LogP contribution in [0.4, 0.5) is 0 Å². The molecule has 6 heteroatoms. The molecule has 158 valence electrons. The second-order valence-electron chi connectivity index (χ2n) is 7.31. The number of nitrogens with zero attached hydrogens (tertiary/aromatic N) is 1. The lowest BCUT2D eigenvalue weighted by molar-refractivity contribution is 0.101. The van der Waals surface area contributed by atoms with Gasteiger partial charge >= 0.3 is 0 Å². The normalized spacial score (nSPS) is 15.4. The fourth-order valence-electron chi connectivity index (χ4n) is 3.51.